The first kappa shape index (κ1) is 24.0. The zero-order chi connectivity index (χ0) is 24.1. The van der Waals surface area contributed by atoms with Gasteiger partial charge in [0.05, 0.1) is 22.1 Å². The monoisotopic (exact) mass is 502 g/mol. The first-order valence-corrected chi connectivity index (χ1v) is 12.1. The van der Waals surface area contributed by atoms with Crippen molar-refractivity contribution >= 4 is 46.3 Å². The number of piperazine rings is 1. The Balaban J connectivity index is 1.36. The summed E-state index contributed by atoms with van der Waals surface area (Å²) in [7, 11) is 0. The summed E-state index contributed by atoms with van der Waals surface area (Å²) in [6.45, 7) is 6.87. The summed E-state index contributed by atoms with van der Waals surface area (Å²) in [5.74, 6) is 0.0641. The Morgan fingerprint density at radius 1 is 1.18 bits per heavy atom. The Kier molecular flexibility index (Phi) is 7.66. The number of thioether (sulfide) groups is 1. The van der Waals surface area contributed by atoms with Gasteiger partial charge in [0.25, 0.3) is 10.9 Å². The lowest BCUT2D eigenvalue weighted by Crippen LogP contribution is -2.46. The van der Waals surface area contributed by atoms with E-state index in [9.17, 15) is 14.9 Å². The van der Waals surface area contributed by atoms with Crippen molar-refractivity contribution in [2.45, 2.75) is 12.1 Å². The molecule has 0 spiro atoms. The summed E-state index contributed by atoms with van der Waals surface area (Å²) in [5, 5.41) is 22.4. The lowest BCUT2D eigenvalue weighted by Gasteiger charge is -2.36. The van der Waals surface area contributed by atoms with Crippen molar-refractivity contribution in [2.75, 3.05) is 48.7 Å². The van der Waals surface area contributed by atoms with E-state index in [2.05, 4.69) is 32.2 Å². The molecule has 1 fully saturated rings. The second kappa shape index (κ2) is 10.9. The number of hydrogen-bond acceptors (Lipinski definition) is 9. The minimum absolute atomic E-state index is 0.0258. The van der Waals surface area contributed by atoms with E-state index >= 15 is 0 Å². The Morgan fingerprint density at radius 2 is 1.91 bits per heavy atom. The molecule has 1 amide bonds. The van der Waals surface area contributed by atoms with Crippen LogP contribution in [0.15, 0.2) is 52.1 Å². The van der Waals surface area contributed by atoms with Crippen LogP contribution in [-0.4, -0.2) is 64.4 Å². The molecule has 1 aliphatic rings. The molecule has 4 rings (SSSR count). The van der Waals surface area contributed by atoms with E-state index in [0.717, 1.165) is 50.2 Å². The second-order valence-corrected chi connectivity index (χ2v) is 8.96. The molecular formula is C22H23ClN6O4S. The normalized spacial score (nSPS) is 14.2. The number of carbonyl (C=O) groups is 1. The van der Waals surface area contributed by atoms with Gasteiger partial charge in [0, 0.05) is 48.9 Å². The van der Waals surface area contributed by atoms with Crippen molar-refractivity contribution in [1.29, 1.82) is 0 Å². The van der Waals surface area contributed by atoms with Gasteiger partial charge < -0.3 is 19.5 Å². The fraction of sp³-hybridized carbons (Fsp3) is 0.318. The van der Waals surface area contributed by atoms with Gasteiger partial charge in [-0.05, 0) is 36.9 Å². The predicted molar refractivity (Wildman–Crippen MR) is 132 cm³/mol. The Labute approximate surface area is 205 Å². The van der Waals surface area contributed by atoms with Crippen LogP contribution in [0.3, 0.4) is 0 Å². The molecule has 1 aliphatic heterocycles. The molecule has 1 saturated heterocycles. The average molecular weight is 503 g/mol. The summed E-state index contributed by atoms with van der Waals surface area (Å²) < 4.78 is 5.59. The van der Waals surface area contributed by atoms with Gasteiger partial charge in [-0.1, -0.05) is 30.3 Å². The van der Waals surface area contributed by atoms with Crippen LogP contribution in [0.2, 0.25) is 5.02 Å². The highest BCUT2D eigenvalue weighted by Gasteiger charge is 2.20. The highest BCUT2D eigenvalue weighted by molar-refractivity contribution is 7.99. The van der Waals surface area contributed by atoms with Crippen LogP contribution in [0.25, 0.3) is 11.5 Å². The molecule has 34 heavy (non-hydrogen) atoms. The van der Waals surface area contributed by atoms with Crippen molar-refractivity contribution in [3.63, 3.8) is 0 Å². The van der Waals surface area contributed by atoms with Gasteiger partial charge in [-0.2, -0.15) is 0 Å². The summed E-state index contributed by atoms with van der Waals surface area (Å²) >= 11 is 7.30. The molecule has 178 valence electrons. The highest BCUT2D eigenvalue weighted by Crippen LogP contribution is 2.31. The molecule has 0 bridgehead atoms. The third-order valence-corrected chi connectivity index (χ3v) is 6.50. The largest absolute Gasteiger partial charge is 0.411 e. The number of amides is 1. The third-order valence-electron chi connectivity index (χ3n) is 5.45. The SMILES string of the molecule is CCN1CCN(c2ccc(Cl)cc2NC(=O)CSc2nnc(-c3ccc([N+](=O)[O-])cc3)o2)CC1. The van der Waals surface area contributed by atoms with Gasteiger partial charge in [0.1, 0.15) is 0 Å². The van der Waals surface area contributed by atoms with Gasteiger partial charge in [-0.3, -0.25) is 14.9 Å². The molecule has 0 radical (unpaired) electrons. The molecule has 12 heteroatoms. The Hall–Kier alpha value is -3.15. The molecule has 0 atom stereocenters. The lowest BCUT2D eigenvalue weighted by atomic mass is 10.2. The van der Waals surface area contributed by atoms with Crippen LogP contribution < -0.4 is 10.2 Å². The van der Waals surface area contributed by atoms with E-state index in [1.54, 1.807) is 6.07 Å². The summed E-state index contributed by atoms with van der Waals surface area (Å²) in [4.78, 5) is 27.6. The zero-order valence-corrected chi connectivity index (χ0v) is 20.0. The number of nitro benzene ring substituents is 1. The molecule has 1 aromatic heterocycles. The molecule has 2 aromatic carbocycles. The van der Waals surface area contributed by atoms with Crippen LogP contribution in [-0.2, 0) is 4.79 Å². The molecular weight excluding hydrogens is 480 g/mol. The summed E-state index contributed by atoms with van der Waals surface area (Å²) in [6.07, 6.45) is 0. The molecule has 0 aliphatic carbocycles. The number of carbonyl (C=O) groups excluding carboxylic acids is 1. The highest BCUT2D eigenvalue weighted by atomic mass is 35.5. The molecule has 0 unspecified atom stereocenters. The van der Waals surface area contributed by atoms with Crippen molar-refractivity contribution in [2.24, 2.45) is 0 Å². The summed E-state index contributed by atoms with van der Waals surface area (Å²) in [5.41, 5.74) is 2.14. The summed E-state index contributed by atoms with van der Waals surface area (Å²) in [6, 6.07) is 11.3. The van der Waals surface area contributed by atoms with Crippen molar-refractivity contribution in [3.05, 3.63) is 57.6 Å². The number of nitro groups is 1. The average Bonchev–Trinajstić information content (AvgIpc) is 3.32. The Bertz CT molecular complexity index is 1160. The molecule has 1 N–H and O–H groups in total. The number of likely N-dealkylation sites (N-methyl/N-ethyl adjacent to an activating group) is 1. The van der Waals surface area contributed by atoms with Gasteiger partial charge in [0.15, 0.2) is 0 Å². The van der Waals surface area contributed by atoms with Crippen molar-refractivity contribution < 1.29 is 14.1 Å². The number of aromatic nitrogens is 2. The first-order valence-electron chi connectivity index (χ1n) is 10.7. The Morgan fingerprint density at radius 3 is 2.59 bits per heavy atom. The maximum atomic E-state index is 12.7. The van der Waals surface area contributed by atoms with E-state index in [1.807, 2.05) is 12.1 Å². The van der Waals surface area contributed by atoms with Crippen LogP contribution in [0.4, 0.5) is 17.1 Å². The van der Waals surface area contributed by atoms with Crippen LogP contribution in [0, 0.1) is 10.1 Å². The van der Waals surface area contributed by atoms with Gasteiger partial charge in [-0.25, -0.2) is 0 Å². The maximum Gasteiger partial charge on any atom is 0.277 e. The number of anilines is 2. The predicted octanol–water partition coefficient (Wildman–Crippen LogP) is 4.17. The van der Waals surface area contributed by atoms with Crippen molar-refractivity contribution in [1.82, 2.24) is 15.1 Å². The molecule has 2 heterocycles. The van der Waals surface area contributed by atoms with Gasteiger partial charge >= 0.3 is 0 Å². The minimum atomic E-state index is -0.478. The van der Waals surface area contributed by atoms with E-state index in [0.29, 0.717) is 16.3 Å². The quantitative estimate of drug-likeness (QED) is 0.275. The topological polar surface area (TPSA) is 118 Å². The number of non-ortho nitro benzene ring substituents is 1. The van der Waals surface area contributed by atoms with Gasteiger partial charge in [0.2, 0.25) is 11.8 Å². The fourth-order valence-corrected chi connectivity index (χ4v) is 4.35. The number of benzene rings is 2. The minimum Gasteiger partial charge on any atom is -0.411 e. The number of rotatable bonds is 8. The number of nitrogens with zero attached hydrogens (tertiary/aromatic N) is 5. The molecule has 0 saturated carbocycles. The fourth-order valence-electron chi connectivity index (χ4n) is 3.61. The maximum absolute atomic E-state index is 12.7. The number of nitrogens with one attached hydrogen (secondary N) is 1. The lowest BCUT2D eigenvalue weighted by molar-refractivity contribution is -0.384. The standard InChI is InChI=1S/C22H23ClN6O4S/c1-2-27-9-11-28(12-10-27)19-8-5-16(23)13-18(19)24-20(30)14-34-22-26-25-21(33-22)15-3-6-17(7-4-15)29(31)32/h3-8,13H,2,9-12,14H2,1H3,(H,24,30). The van der Waals surface area contributed by atoms with E-state index in [-0.39, 0.29) is 28.5 Å². The number of hydrogen-bond donors (Lipinski definition) is 1. The smallest absolute Gasteiger partial charge is 0.277 e. The molecule has 10 nitrogen and oxygen atoms in total. The zero-order valence-electron chi connectivity index (χ0n) is 18.4. The van der Waals surface area contributed by atoms with Gasteiger partial charge in [-0.15, -0.1) is 10.2 Å². The van der Waals surface area contributed by atoms with Crippen LogP contribution in [0.5, 0.6) is 0 Å². The van der Waals surface area contributed by atoms with E-state index < -0.39 is 4.92 Å². The first-order chi connectivity index (χ1) is 16.4. The van der Waals surface area contributed by atoms with Crippen LogP contribution in [0.1, 0.15) is 6.92 Å². The second-order valence-electron chi connectivity index (χ2n) is 7.60. The van der Waals surface area contributed by atoms with E-state index in [4.69, 9.17) is 16.0 Å². The molecule has 3 aromatic rings. The third kappa shape index (κ3) is 5.85. The van der Waals surface area contributed by atoms with Crippen LogP contribution >= 0.6 is 23.4 Å². The van der Waals surface area contributed by atoms with Crippen molar-refractivity contribution in [3.8, 4) is 11.5 Å². The number of halogens is 1. The van der Waals surface area contributed by atoms with E-state index in [1.165, 1.54) is 24.3 Å².